The number of fused-ring (bicyclic) bond motifs is 3. The Labute approximate surface area is 310 Å². The molecule has 15 heteroatoms. The summed E-state index contributed by atoms with van der Waals surface area (Å²) in [6.45, 7) is 6.28. The number of likely N-dealkylation sites (tertiary alicyclic amines) is 2. The fraction of sp³-hybridized carbons (Fsp3) is 0.538. The van der Waals surface area contributed by atoms with Gasteiger partial charge in [-0.15, -0.1) is 0 Å². The molecule has 54 heavy (non-hydrogen) atoms. The van der Waals surface area contributed by atoms with Gasteiger partial charge in [-0.2, -0.15) is 9.97 Å². The number of anilines is 1. The number of amides is 1. The van der Waals surface area contributed by atoms with Crippen molar-refractivity contribution in [2.75, 3.05) is 71.1 Å². The number of carbonyl (C=O) groups is 1. The zero-order chi connectivity index (χ0) is 37.9. The summed E-state index contributed by atoms with van der Waals surface area (Å²) in [5, 5.41) is 22.2. The standard InChI is InChI=1S/C39H45F3N6O6/c1-22(49)47-15-23(16-47)17-48-18-25(40)14-39(9-5-8-29(39)48)21-54-37-44-34-31(35(45-37)46-10-11-53-20-38(2,51)19-46)36(52-3)43-33(32(34)42)27-13-26(50)12-24-6-4-7-28(41)30(24)27/h4,6-7,12-13,23,25,29,50-51H,5,8-11,14-21H2,1-3H3. The van der Waals surface area contributed by atoms with Gasteiger partial charge in [0, 0.05) is 68.0 Å². The third-order valence-electron chi connectivity index (χ3n) is 11.6. The van der Waals surface area contributed by atoms with E-state index in [9.17, 15) is 15.0 Å². The van der Waals surface area contributed by atoms with Gasteiger partial charge in [-0.1, -0.05) is 18.6 Å². The third-order valence-corrected chi connectivity index (χ3v) is 11.6. The highest BCUT2D eigenvalue weighted by Gasteiger charge is 2.52. The van der Waals surface area contributed by atoms with Crippen LogP contribution < -0.4 is 14.4 Å². The number of phenolic OH excluding ortho intramolecular Hbond substituents is 1. The molecule has 4 unspecified atom stereocenters. The molecule has 288 valence electrons. The lowest BCUT2D eigenvalue weighted by molar-refractivity contribution is -0.136. The van der Waals surface area contributed by atoms with Crippen molar-refractivity contribution >= 4 is 33.4 Å². The Balaban J connectivity index is 1.21. The molecule has 0 bridgehead atoms. The molecule has 2 aromatic carbocycles. The van der Waals surface area contributed by atoms with E-state index in [1.807, 2.05) is 0 Å². The molecule has 12 nitrogen and oxygen atoms in total. The molecule has 1 amide bonds. The fourth-order valence-corrected chi connectivity index (χ4v) is 9.19. The Morgan fingerprint density at radius 3 is 2.72 bits per heavy atom. The Kier molecular flexibility index (Phi) is 9.46. The quantitative estimate of drug-likeness (QED) is 0.256. The summed E-state index contributed by atoms with van der Waals surface area (Å²) < 4.78 is 65.9. The molecule has 8 rings (SSSR count). The molecule has 4 atom stereocenters. The van der Waals surface area contributed by atoms with Gasteiger partial charge in [-0.3, -0.25) is 9.69 Å². The normalized spacial score (nSPS) is 26.5. The topological polar surface area (TPSA) is 134 Å². The summed E-state index contributed by atoms with van der Waals surface area (Å²) in [6.07, 6.45) is 1.73. The summed E-state index contributed by atoms with van der Waals surface area (Å²) in [6, 6.07) is 6.87. The van der Waals surface area contributed by atoms with Crippen molar-refractivity contribution in [2.24, 2.45) is 11.3 Å². The van der Waals surface area contributed by atoms with Crippen molar-refractivity contribution in [3.05, 3.63) is 42.0 Å². The maximum Gasteiger partial charge on any atom is 0.319 e. The maximum absolute atomic E-state index is 17.1. The number of hydrogen-bond donors (Lipinski definition) is 2. The molecule has 0 spiro atoms. The number of rotatable bonds is 8. The minimum absolute atomic E-state index is 0.00334. The number of carbonyl (C=O) groups excluding carboxylic acids is 1. The van der Waals surface area contributed by atoms with Crippen molar-refractivity contribution in [1.29, 1.82) is 0 Å². The minimum Gasteiger partial charge on any atom is -0.508 e. The first-order valence-corrected chi connectivity index (χ1v) is 18.5. The maximum atomic E-state index is 17.1. The average Bonchev–Trinajstić information content (AvgIpc) is 3.44. The van der Waals surface area contributed by atoms with E-state index < -0.39 is 28.8 Å². The van der Waals surface area contributed by atoms with Crippen molar-refractivity contribution in [2.45, 2.75) is 57.3 Å². The molecule has 1 saturated carbocycles. The van der Waals surface area contributed by atoms with Crippen LogP contribution in [-0.4, -0.2) is 125 Å². The fourth-order valence-electron chi connectivity index (χ4n) is 9.19. The molecule has 4 fully saturated rings. The van der Waals surface area contributed by atoms with Gasteiger partial charge in [0.1, 0.15) is 45.8 Å². The summed E-state index contributed by atoms with van der Waals surface area (Å²) in [4.78, 5) is 31.4. The number of methoxy groups -OCH3 is 1. The largest absolute Gasteiger partial charge is 0.508 e. The number of aliphatic hydroxyl groups is 1. The van der Waals surface area contributed by atoms with Crippen LogP contribution >= 0.6 is 0 Å². The monoisotopic (exact) mass is 750 g/mol. The van der Waals surface area contributed by atoms with Crippen LogP contribution in [-0.2, 0) is 9.53 Å². The van der Waals surface area contributed by atoms with E-state index in [4.69, 9.17) is 19.2 Å². The first kappa shape index (κ1) is 36.5. The Bertz CT molecular complexity index is 2100. The summed E-state index contributed by atoms with van der Waals surface area (Å²) in [7, 11) is 1.36. The van der Waals surface area contributed by atoms with E-state index >= 15 is 13.2 Å². The van der Waals surface area contributed by atoms with Crippen LogP contribution in [0.15, 0.2) is 30.3 Å². The number of aromatic nitrogens is 3. The summed E-state index contributed by atoms with van der Waals surface area (Å²) in [5.41, 5.74) is -2.35. The number of alkyl halides is 1. The average molecular weight is 751 g/mol. The number of halogens is 3. The Morgan fingerprint density at radius 1 is 1.13 bits per heavy atom. The minimum atomic E-state index is -1.29. The molecule has 0 radical (unpaired) electrons. The second-order valence-electron chi connectivity index (χ2n) is 15.7. The number of nitrogens with zero attached hydrogens (tertiary/aromatic N) is 6. The van der Waals surface area contributed by atoms with E-state index in [0.717, 1.165) is 19.3 Å². The van der Waals surface area contributed by atoms with Crippen molar-refractivity contribution in [3.63, 3.8) is 0 Å². The third kappa shape index (κ3) is 6.64. The lowest BCUT2D eigenvalue weighted by Crippen LogP contribution is -2.60. The number of benzene rings is 2. The molecule has 4 aromatic rings. The number of pyridine rings is 1. The van der Waals surface area contributed by atoms with Gasteiger partial charge >= 0.3 is 6.01 Å². The molecule has 4 aliphatic rings. The first-order chi connectivity index (χ1) is 25.8. The van der Waals surface area contributed by atoms with Crippen molar-refractivity contribution in [1.82, 2.24) is 24.8 Å². The predicted octanol–water partition coefficient (Wildman–Crippen LogP) is 4.86. The zero-order valence-electron chi connectivity index (χ0n) is 30.7. The molecular weight excluding hydrogens is 705 g/mol. The summed E-state index contributed by atoms with van der Waals surface area (Å²) >= 11 is 0. The van der Waals surface area contributed by atoms with Crippen molar-refractivity contribution < 1.29 is 42.4 Å². The van der Waals surface area contributed by atoms with E-state index in [1.165, 1.54) is 31.4 Å². The lowest BCUT2D eigenvalue weighted by atomic mass is 9.74. The molecule has 3 saturated heterocycles. The number of phenols is 1. The van der Waals surface area contributed by atoms with Crippen molar-refractivity contribution in [3.8, 4) is 28.9 Å². The van der Waals surface area contributed by atoms with Crippen LogP contribution in [0.5, 0.6) is 17.6 Å². The van der Waals surface area contributed by atoms with Crippen LogP contribution in [0.4, 0.5) is 19.0 Å². The molecule has 2 aromatic heterocycles. The molecule has 5 heterocycles. The molecular formula is C39H45F3N6O6. The number of aromatic hydroxyl groups is 1. The highest BCUT2D eigenvalue weighted by atomic mass is 19.1. The number of piperidine rings is 1. The van der Waals surface area contributed by atoms with Gasteiger partial charge in [-0.25, -0.2) is 18.2 Å². The van der Waals surface area contributed by atoms with Crippen LogP contribution in [0.3, 0.4) is 0 Å². The lowest BCUT2D eigenvalue weighted by Gasteiger charge is -2.50. The van der Waals surface area contributed by atoms with E-state index in [-0.39, 0.29) is 102 Å². The summed E-state index contributed by atoms with van der Waals surface area (Å²) in [5.74, 6) is -1.31. The molecule has 3 aliphatic heterocycles. The highest BCUT2D eigenvalue weighted by Crippen LogP contribution is 2.49. The second-order valence-corrected chi connectivity index (χ2v) is 15.7. The predicted molar refractivity (Wildman–Crippen MR) is 194 cm³/mol. The second kappa shape index (κ2) is 14.0. The number of ether oxygens (including phenoxy) is 3. The van der Waals surface area contributed by atoms with E-state index in [0.29, 0.717) is 38.0 Å². The Morgan fingerprint density at radius 2 is 1.94 bits per heavy atom. The SMILES string of the molecule is COc1nc(-c2cc(O)cc3cccc(F)c23)c(F)c2nc(OCC34CCCC3N(CC3CN(C(C)=O)C3)CC(F)C4)nc(N3CCOCC(C)(O)C3)c12. The van der Waals surface area contributed by atoms with Crippen LogP contribution in [0, 0.1) is 23.0 Å². The van der Waals surface area contributed by atoms with E-state index in [2.05, 4.69) is 14.9 Å². The van der Waals surface area contributed by atoms with Gasteiger partial charge in [0.05, 0.1) is 33.5 Å². The molecule has 1 aliphatic carbocycles. The Hall–Kier alpha value is -4.47. The van der Waals surface area contributed by atoms with Gasteiger partial charge < -0.3 is 34.2 Å². The van der Waals surface area contributed by atoms with Crippen LogP contribution in [0.1, 0.15) is 39.5 Å². The van der Waals surface area contributed by atoms with Gasteiger partial charge in [0.25, 0.3) is 0 Å². The zero-order valence-corrected chi connectivity index (χ0v) is 30.7. The van der Waals surface area contributed by atoms with Gasteiger partial charge in [0.2, 0.25) is 11.8 Å². The van der Waals surface area contributed by atoms with Crippen LogP contribution in [0.2, 0.25) is 0 Å². The smallest absolute Gasteiger partial charge is 0.319 e. The first-order valence-electron chi connectivity index (χ1n) is 18.5. The van der Waals surface area contributed by atoms with Gasteiger partial charge in [0.15, 0.2) is 5.82 Å². The van der Waals surface area contributed by atoms with E-state index in [1.54, 1.807) is 29.7 Å². The number of β-amino-alcohol motifs (C(OH)–C–C–N with tert-alkyl or cyclic N) is 1. The number of hydrogen-bond acceptors (Lipinski definition) is 11. The molecule has 2 N–H and O–H groups in total. The highest BCUT2D eigenvalue weighted by molar-refractivity contribution is 6.02. The van der Waals surface area contributed by atoms with Crippen LogP contribution in [0.25, 0.3) is 32.9 Å². The van der Waals surface area contributed by atoms with Gasteiger partial charge in [-0.05, 0) is 49.8 Å².